The predicted molar refractivity (Wildman–Crippen MR) is 76.2 cm³/mol. The van der Waals surface area contributed by atoms with Crippen molar-refractivity contribution in [2.24, 2.45) is 17.3 Å². The lowest BCUT2D eigenvalue weighted by atomic mass is 9.75. The average molecular weight is 242 g/mol. The van der Waals surface area contributed by atoms with Crippen molar-refractivity contribution in [1.29, 1.82) is 0 Å². The van der Waals surface area contributed by atoms with Gasteiger partial charge < -0.3 is 4.79 Å². The first-order valence-electron chi connectivity index (χ1n) is 6.70. The van der Waals surface area contributed by atoms with Crippen molar-refractivity contribution in [2.45, 2.75) is 33.6 Å². The van der Waals surface area contributed by atoms with Gasteiger partial charge in [-0.25, -0.2) is 0 Å². The Bertz CT molecular complexity index is 446. The van der Waals surface area contributed by atoms with Crippen LogP contribution in [0.25, 0.3) is 0 Å². The fraction of sp³-hybridized carbons (Fsp3) is 0.471. The molecule has 3 rings (SSSR count). The first-order chi connectivity index (χ1) is 8.46. The van der Waals surface area contributed by atoms with Crippen LogP contribution in [0.5, 0.6) is 0 Å². The van der Waals surface area contributed by atoms with Crippen molar-refractivity contribution >= 4 is 5.78 Å². The topological polar surface area (TPSA) is 17.1 Å². The zero-order chi connectivity index (χ0) is 13.2. The van der Waals surface area contributed by atoms with Crippen molar-refractivity contribution in [3.8, 4) is 0 Å². The minimum Gasteiger partial charge on any atom is -0.300 e. The highest BCUT2D eigenvalue weighted by molar-refractivity contribution is 5.76. The summed E-state index contributed by atoms with van der Waals surface area (Å²) in [6.45, 7) is 6.05. The lowest BCUT2D eigenvalue weighted by Gasteiger charge is -2.30. The maximum Gasteiger partial charge on any atom is 0.130 e. The fourth-order valence-electron chi connectivity index (χ4n) is 2.94. The molecule has 0 aromatic heterocycles. The monoisotopic (exact) mass is 242 g/mol. The van der Waals surface area contributed by atoms with E-state index in [9.17, 15) is 4.79 Å². The molecule has 0 unspecified atom stereocenters. The van der Waals surface area contributed by atoms with Crippen molar-refractivity contribution < 1.29 is 4.79 Å². The van der Waals surface area contributed by atoms with Crippen molar-refractivity contribution in [2.75, 3.05) is 0 Å². The molecule has 0 fully saturated rings. The van der Waals surface area contributed by atoms with Gasteiger partial charge in [0.1, 0.15) is 5.78 Å². The molecule has 0 radical (unpaired) electrons. The molecule has 1 nitrogen and oxygen atoms in total. The maximum absolute atomic E-state index is 11.3. The second-order valence-corrected chi connectivity index (χ2v) is 6.22. The molecule has 2 bridgehead atoms. The van der Waals surface area contributed by atoms with Crippen LogP contribution >= 0.6 is 0 Å². The van der Waals surface area contributed by atoms with Crippen molar-refractivity contribution in [1.82, 2.24) is 0 Å². The Balaban J connectivity index is 2.15. The van der Waals surface area contributed by atoms with Gasteiger partial charge in [0.25, 0.3) is 0 Å². The third kappa shape index (κ3) is 3.32. The minimum atomic E-state index is 0.0579. The van der Waals surface area contributed by atoms with E-state index < -0.39 is 0 Å². The lowest BCUT2D eigenvalue weighted by molar-refractivity contribution is -0.118. The van der Waals surface area contributed by atoms with E-state index in [2.05, 4.69) is 56.4 Å². The summed E-state index contributed by atoms with van der Waals surface area (Å²) < 4.78 is 0. The molecule has 3 aliphatic rings. The van der Waals surface area contributed by atoms with Crippen LogP contribution in [0.15, 0.2) is 48.1 Å². The number of hydrogen-bond acceptors (Lipinski definition) is 1. The second-order valence-electron chi connectivity index (χ2n) is 6.22. The van der Waals surface area contributed by atoms with Crippen LogP contribution in [0.3, 0.4) is 0 Å². The van der Waals surface area contributed by atoms with Gasteiger partial charge in [0.2, 0.25) is 0 Å². The first kappa shape index (κ1) is 13.1. The van der Waals surface area contributed by atoms with E-state index in [-0.39, 0.29) is 11.2 Å². The van der Waals surface area contributed by atoms with E-state index in [1.807, 2.05) is 0 Å². The molecule has 0 spiro atoms. The molecule has 18 heavy (non-hydrogen) atoms. The van der Waals surface area contributed by atoms with Gasteiger partial charge in [0.15, 0.2) is 0 Å². The summed E-state index contributed by atoms with van der Waals surface area (Å²) in [5, 5.41) is 0. The van der Waals surface area contributed by atoms with Crippen LogP contribution in [-0.2, 0) is 4.79 Å². The highest BCUT2D eigenvalue weighted by Crippen LogP contribution is 2.37. The Morgan fingerprint density at radius 3 is 2.61 bits per heavy atom. The standard InChI is InChI=1S/C17H22O/c1-13(18)11-17(2,3)12-16-10-14-6-4-5-7-15(16)9-8-14/h4-10,14-15H,11-12H2,1-3H3/b6-4-,7-5-/t14-,15+/m0/s1. The van der Waals surface area contributed by atoms with Crippen LogP contribution < -0.4 is 0 Å². The smallest absolute Gasteiger partial charge is 0.130 e. The largest absolute Gasteiger partial charge is 0.300 e. The third-order valence-corrected chi connectivity index (χ3v) is 3.55. The first-order valence-corrected chi connectivity index (χ1v) is 6.70. The minimum absolute atomic E-state index is 0.0579. The summed E-state index contributed by atoms with van der Waals surface area (Å²) in [6.07, 6.45) is 17.2. The Morgan fingerprint density at radius 1 is 1.17 bits per heavy atom. The van der Waals surface area contributed by atoms with Crippen molar-refractivity contribution in [3.63, 3.8) is 0 Å². The van der Waals surface area contributed by atoms with Gasteiger partial charge in [-0.3, -0.25) is 0 Å². The molecule has 0 amide bonds. The van der Waals surface area contributed by atoms with Crippen LogP contribution in [0.2, 0.25) is 0 Å². The number of fused-ring (bicyclic) bond motifs is 1. The fourth-order valence-corrected chi connectivity index (χ4v) is 2.94. The third-order valence-electron chi connectivity index (χ3n) is 3.55. The van der Waals surface area contributed by atoms with E-state index in [1.54, 1.807) is 6.92 Å². The summed E-state index contributed by atoms with van der Waals surface area (Å²) in [4.78, 5) is 11.3. The molecular formula is C17H22O. The Kier molecular flexibility index (Phi) is 3.70. The van der Waals surface area contributed by atoms with E-state index in [4.69, 9.17) is 0 Å². The highest BCUT2D eigenvalue weighted by Gasteiger charge is 2.25. The Morgan fingerprint density at radius 2 is 1.89 bits per heavy atom. The van der Waals surface area contributed by atoms with Crippen LogP contribution in [0.4, 0.5) is 0 Å². The van der Waals surface area contributed by atoms with E-state index in [0.29, 0.717) is 18.3 Å². The lowest BCUT2D eigenvalue weighted by Crippen LogP contribution is -2.20. The average Bonchev–Trinajstić information content (AvgIpc) is 2.17. The zero-order valence-electron chi connectivity index (χ0n) is 11.5. The molecule has 0 N–H and O–H groups in total. The molecule has 0 aliphatic heterocycles. The van der Waals surface area contributed by atoms with Crippen LogP contribution in [-0.4, -0.2) is 5.78 Å². The number of carbonyl (C=O) groups is 1. The van der Waals surface area contributed by atoms with Gasteiger partial charge in [0, 0.05) is 18.3 Å². The van der Waals surface area contributed by atoms with E-state index >= 15 is 0 Å². The molecule has 0 aromatic carbocycles. The number of carbonyl (C=O) groups excluding carboxylic acids is 1. The molecule has 0 aromatic rings. The number of rotatable bonds is 4. The Hall–Kier alpha value is -1.37. The summed E-state index contributed by atoms with van der Waals surface area (Å²) >= 11 is 0. The summed E-state index contributed by atoms with van der Waals surface area (Å²) in [7, 11) is 0. The quantitative estimate of drug-likeness (QED) is 0.674. The van der Waals surface area contributed by atoms with Crippen LogP contribution in [0.1, 0.15) is 33.6 Å². The normalized spacial score (nSPS) is 29.4. The molecule has 3 aliphatic carbocycles. The number of hydrogen-bond donors (Lipinski definition) is 0. The molecule has 0 heterocycles. The summed E-state index contributed by atoms with van der Waals surface area (Å²) in [5.41, 5.74) is 1.51. The molecule has 1 heteroatoms. The van der Waals surface area contributed by atoms with Gasteiger partial charge in [0.05, 0.1) is 0 Å². The van der Waals surface area contributed by atoms with Gasteiger partial charge in [-0.2, -0.15) is 0 Å². The number of allylic oxidation sites excluding steroid dienone is 8. The van der Waals surface area contributed by atoms with Gasteiger partial charge in [-0.05, 0) is 18.8 Å². The van der Waals surface area contributed by atoms with Gasteiger partial charge >= 0.3 is 0 Å². The molecular weight excluding hydrogens is 220 g/mol. The van der Waals surface area contributed by atoms with Crippen molar-refractivity contribution in [3.05, 3.63) is 48.1 Å². The van der Waals surface area contributed by atoms with Gasteiger partial charge in [-0.1, -0.05) is 62.0 Å². The van der Waals surface area contributed by atoms with Gasteiger partial charge in [-0.15, -0.1) is 0 Å². The highest BCUT2D eigenvalue weighted by atomic mass is 16.1. The van der Waals surface area contributed by atoms with E-state index in [1.165, 1.54) is 5.57 Å². The number of Topliss-reactive ketones (excluding diaryl/α,β-unsaturated/α-hetero) is 1. The summed E-state index contributed by atoms with van der Waals surface area (Å²) in [5.74, 6) is 1.12. The zero-order valence-corrected chi connectivity index (χ0v) is 11.5. The summed E-state index contributed by atoms with van der Waals surface area (Å²) in [6, 6.07) is 0. The SMILES string of the molecule is CC(=O)CC(C)(C)CC1=C[C@@H]2C=C[C@H]1/C=C\C=C/2. The number of ketones is 1. The molecule has 0 saturated carbocycles. The predicted octanol–water partition coefficient (Wildman–Crippen LogP) is 4.24. The van der Waals surface area contributed by atoms with E-state index in [0.717, 1.165) is 6.42 Å². The molecule has 96 valence electrons. The molecule has 0 saturated heterocycles. The maximum atomic E-state index is 11.3. The van der Waals surface area contributed by atoms with Crippen LogP contribution in [0, 0.1) is 17.3 Å². The second kappa shape index (κ2) is 5.09. The molecule has 2 atom stereocenters. The Labute approximate surface area is 110 Å².